The van der Waals surface area contributed by atoms with Gasteiger partial charge in [-0.3, -0.25) is 9.69 Å². The first-order valence-electron chi connectivity index (χ1n) is 8.36. The Bertz CT molecular complexity index is 1030. The van der Waals surface area contributed by atoms with Crippen molar-refractivity contribution in [2.45, 2.75) is 19.0 Å². The number of hydrogen-bond donors (Lipinski definition) is 1. The average molecular weight is 409 g/mol. The highest BCUT2D eigenvalue weighted by Crippen LogP contribution is 2.32. The standard InChI is InChI=1S/C21H17BrN2O2/c1-21(16-9-5-10-17(22)12-16)19(25)24(20(26)23-21)13-15-8-4-7-14-6-2-3-11-18(14)15/h2-12H,13H2,1H3,(H,23,26). The van der Waals surface area contributed by atoms with Crippen molar-refractivity contribution in [3.63, 3.8) is 0 Å². The number of amides is 3. The van der Waals surface area contributed by atoms with E-state index in [1.54, 1.807) is 6.92 Å². The summed E-state index contributed by atoms with van der Waals surface area (Å²) < 4.78 is 0.866. The fourth-order valence-corrected chi connectivity index (χ4v) is 3.84. The van der Waals surface area contributed by atoms with Gasteiger partial charge in [0.2, 0.25) is 0 Å². The summed E-state index contributed by atoms with van der Waals surface area (Å²) >= 11 is 3.43. The molecule has 3 aromatic carbocycles. The summed E-state index contributed by atoms with van der Waals surface area (Å²) in [5, 5.41) is 5.00. The maximum atomic E-state index is 13.1. The third kappa shape index (κ3) is 2.69. The molecule has 1 fully saturated rings. The van der Waals surface area contributed by atoms with Gasteiger partial charge in [-0.15, -0.1) is 0 Å². The summed E-state index contributed by atoms with van der Waals surface area (Å²) in [6.45, 7) is 1.99. The molecule has 1 unspecified atom stereocenters. The van der Waals surface area contributed by atoms with E-state index in [0.29, 0.717) is 0 Å². The minimum atomic E-state index is -1.06. The first-order chi connectivity index (χ1) is 12.5. The van der Waals surface area contributed by atoms with Gasteiger partial charge in [0, 0.05) is 4.47 Å². The van der Waals surface area contributed by atoms with E-state index in [0.717, 1.165) is 26.4 Å². The Morgan fingerprint density at radius 2 is 1.73 bits per heavy atom. The van der Waals surface area contributed by atoms with Gasteiger partial charge in [-0.1, -0.05) is 70.5 Å². The highest BCUT2D eigenvalue weighted by molar-refractivity contribution is 9.10. The van der Waals surface area contributed by atoms with Gasteiger partial charge in [0.05, 0.1) is 6.54 Å². The zero-order valence-corrected chi connectivity index (χ0v) is 15.8. The second kappa shape index (κ2) is 6.25. The zero-order chi connectivity index (χ0) is 18.3. The molecule has 0 aliphatic carbocycles. The molecule has 1 aliphatic rings. The van der Waals surface area contributed by atoms with Crippen LogP contribution < -0.4 is 5.32 Å². The van der Waals surface area contributed by atoms with Crippen molar-refractivity contribution in [2.24, 2.45) is 0 Å². The molecule has 1 saturated heterocycles. The lowest BCUT2D eigenvalue weighted by Crippen LogP contribution is -2.40. The second-order valence-electron chi connectivity index (χ2n) is 6.60. The number of carbonyl (C=O) groups excluding carboxylic acids is 2. The van der Waals surface area contributed by atoms with E-state index in [-0.39, 0.29) is 18.5 Å². The number of benzene rings is 3. The van der Waals surface area contributed by atoms with Crippen LogP contribution in [-0.4, -0.2) is 16.8 Å². The third-order valence-electron chi connectivity index (χ3n) is 4.89. The summed E-state index contributed by atoms with van der Waals surface area (Å²) in [6, 6.07) is 21.0. The van der Waals surface area contributed by atoms with Gasteiger partial charge in [-0.2, -0.15) is 0 Å². The molecule has 130 valence electrons. The van der Waals surface area contributed by atoms with Crippen molar-refractivity contribution in [2.75, 3.05) is 0 Å². The highest BCUT2D eigenvalue weighted by Gasteiger charge is 2.48. The molecule has 3 amide bonds. The lowest BCUT2D eigenvalue weighted by molar-refractivity contribution is -0.131. The number of fused-ring (bicyclic) bond motifs is 1. The lowest BCUT2D eigenvalue weighted by Gasteiger charge is -2.22. The largest absolute Gasteiger partial charge is 0.325 e. The molecule has 3 aromatic rings. The summed E-state index contributed by atoms with van der Waals surface area (Å²) in [6.07, 6.45) is 0. The maximum absolute atomic E-state index is 13.1. The number of rotatable bonds is 3. The Balaban J connectivity index is 1.70. The van der Waals surface area contributed by atoms with Gasteiger partial charge < -0.3 is 5.32 Å². The van der Waals surface area contributed by atoms with Crippen molar-refractivity contribution in [3.8, 4) is 0 Å². The van der Waals surface area contributed by atoms with E-state index in [2.05, 4.69) is 21.2 Å². The number of urea groups is 1. The quantitative estimate of drug-likeness (QED) is 0.645. The second-order valence-corrected chi connectivity index (χ2v) is 7.51. The topological polar surface area (TPSA) is 49.4 Å². The molecule has 4 nitrogen and oxygen atoms in total. The number of halogens is 1. The van der Waals surface area contributed by atoms with Gasteiger partial charge in [0.15, 0.2) is 0 Å². The predicted molar refractivity (Wildman–Crippen MR) is 105 cm³/mol. The molecule has 5 heteroatoms. The number of imide groups is 1. The Hall–Kier alpha value is -2.66. The SMILES string of the molecule is CC1(c2cccc(Br)c2)NC(=O)N(Cc2cccc3ccccc23)C1=O. The van der Waals surface area contributed by atoms with E-state index in [1.807, 2.05) is 66.7 Å². The van der Waals surface area contributed by atoms with Crippen molar-refractivity contribution in [3.05, 3.63) is 82.3 Å². The summed E-state index contributed by atoms with van der Waals surface area (Å²) in [4.78, 5) is 27.0. The Labute approximate surface area is 159 Å². The lowest BCUT2D eigenvalue weighted by atomic mass is 9.92. The normalized spacial score (nSPS) is 19.8. The average Bonchev–Trinajstić information content (AvgIpc) is 2.86. The molecular formula is C21H17BrN2O2. The molecule has 1 heterocycles. The monoisotopic (exact) mass is 408 g/mol. The van der Waals surface area contributed by atoms with E-state index in [4.69, 9.17) is 0 Å². The summed E-state index contributed by atoms with van der Waals surface area (Å²) in [5.41, 5.74) is 0.640. The van der Waals surface area contributed by atoms with Gasteiger partial charge in [0.25, 0.3) is 5.91 Å². The number of nitrogens with zero attached hydrogens (tertiary/aromatic N) is 1. The Kier molecular flexibility index (Phi) is 4.04. The van der Waals surface area contributed by atoms with E-state index >= 15 is 0 Å². The molecule has 26 heavy (non-hydrogen) atoms. The van der Waals surface area contributed by atoms with Crippen LogP contribution >= 0.6 is 15.9 Å². The molecule has 0 bridgehead atoms. The van der Waals surface area contributed by atoms with Gasteiger partial charge in [0.1, 0.15) is 5.54 Å². The van der Waals surface area contributed by atoms with Crippen molar-refractivity contribution < 1.29 is 9.59 Å². The zero-order valence-electron chi connectivity index (χ0n) is 14.2. The Morgan fingerprint density at radius 1 is 1.00 bits per heavy atom. The molecule has 1 aliphatic heterocycles. The summed E-state index contributed by atoms with van der Waals surface area (Å²) in [5.74, 6) is -0.242. The molecule has 0 spiro atoms. The molecule has 1 N–H and O–H groups in total. The van der Waals surface area contributed by atoms with E-state index in [9.17, 15) is 9.59 Å². The number of nitrogens with one attached hydrogen (secondary N) is 1. The van der Waals surface area contributed by atoms with Gasteiger partial charge >= 0.3 is 6.03 Å². The van der Waals surface area contributed by atoms with Crippen LogP contribution in [0, 0.1) is 0 Å². The summed E-state index contributed by atoms with van der Waals surface area (Å²) in [7, 11) is 0. The molecule has 0 radical (unpaired) electrons. The fraction of sp³-hybridized carbons (Fsp3) is 0.143. The van der Waals surface area contributed by atoms with Crippen LogP contribution in [0.2, 0.25) is 0 Å². The smallest absolute Gasteiger partial charge is 0.319 e. The molecule has 1 atom stereocenters. The van der Waals surface area contributed by atoms with Crippen molar-refractivity contribution in [1.82, 2.24) is 10.2 Å². The number of carbonyl (C=O) groups is 2. The molecule has 0 aromatic heterocycles. The minimum Gasteiger partial charge on any atom is -0.319 e. The molecule has 4 rings (SSSR count). The van der Waals surface area contributed by atoms with E-state index in [1.165, 1.54) is 4.90 Å². The first kappa shape index (κ1) is 16.8. The van der Waals surface area contributed by atoms with E-state index < -0.39 is 5.54 Å². The van der Waals surface area contributed by atoms with Crippen molar-refractivity contribution in [1.29, 1.82) is 0 Å². The van der Waals surface area contributed by atoms with Crippen molar-refractivity contribution >= 4 is 38.6 Å². The molecule has 0 saturated carbocycles. The van der Waals surface area contributed by atoms with Gasteiger partial charge in [-0.05, 0) is 41.0 Å². The first-order valence-corrected chi connectivity index (χ1v) is 9.15. The Morgan fingerprint density at radius 3 is 2.54 bits per heavy atom. The van der Waals surface area contributed by atoms with Crippen LogP contribution in [0.5, 0.6) is 0 Å². The maximum Gasteiger partial charge on any atom is 0.325 e. The van der Waals surface area contributed by atoms with Crippen LogP contribution in [0.4, 0.5) is 4.79 Å². The highest BCUT2D eigenvalue weighted by atomic mass is 79.9. The predicted octanol–water partition coefficient (Wildman–Crippen LogP) is 4.57. The molecular weight excluding hydrogens is 392 g/mol. The third-order valence-corrected chi connectivity index (χ3v) is 5.38. The van der Waals surface area contributed by atoms with Gasteiger partial charge in [-0.25, -0.2) is 4.79 Å². The van der Waals surface area contributed by atoms with Crippen LogP contribution in [-0.2, 0) is 16.9 Å². The minimum absolute atomic E-state index is 0.242. The van der Waals surface area contributed by atoms with Crippen LogP contribution in [0.15, 0.2) is 71.2 Å². The van der Waals surface area contributed by atoms with Crippen LogP contribution in [0.25, 0.3) is 10.8 Å². The number of hydrogen-bond acceptors (Lipinski definition) is 2. The van der Waals surface area contributed by atoms with Crippen LogP contribution in [0.1, 0.15) is 18.1 Å². The fourth-order valence-electron chi connectivity index (χ4n) is 3.44. The van der Waals surface area contributed by atoms with Crippen LogP contribution in [0.3, 0.4) is 0 Å².